The minimum atomic E-state index is -0.566. The largest absolute Gasteiger partial charge is 0.495 e. The van der Waals surface area contributed by atoms with Crippen LogP contribution in [0.2, 0.25) is 0 Å². The molecule has 0 radical (unpaired) electrons. The fourth-order valence-corrected chi connectivity index (χ4v) is 2.22. The van der Waals surface area contributed by atoms with E-state index in [0.717, 1.165) is 11.3 Å². The topological polar surface area (TPSA) is 59.0 Å². The first-order valence-electron chi connectivity index (χ1n) is 6.36. The minimum Gasteiger partial charge on any atom is -0.495 e. The summed E-state index contributed by atoms with van der Waals surface area (Å²) in [4.78, 5) is 14.0. The van der Waals surface area contributed by atoms with Crippen molar-refractivity contribution in [3.05, 3.63) is 23.8 Å². The fraction of sp³-hybridized carbons (Fsp3) is 0.500. The van der Waals surface area contributed by atoms with E-state index in [1.165, 1.54) is 0 Å². The second-order valence-electron chi connectivity index (χ2n) is 4.54. The van der Waals surface area contributed by atoms with Crippen molar-refractivity contribution in [1.29, 1.82) is 0 Å². The lowest BCUT2D eigenvalue weighted by atomic mass is 10.1. The van der Waals surface area contributed by atoms with Crippen LogP contribution in [0.4, 0.5) is 5.69 Å². The summed E-state index contributed by atoms with van der Waals surface area (Å²) in [5, 5.41) is 8.96. The predicted molar refractivity (Wildman–Crippen MR) is 71.5 cm³/mol. The van der Waals surface area contributed by atoms with Crippen molar-refractivity contribution in [2.24, 2.45) is 0 Å². The molecule has 5 heteroatoms. The average Bonchev–Trinajstić information content (AvgIpc) is 2.41. The molecule has 1 aliphatic rings. The maximum absolute atomic E-state index is 12.3. The van der Waals surface area contributed by atoms with E-state index in [-0.39, 0.29) is 12.5 Å². The number of hydrogen-bond donors (Lipinski definition) is 1. The quantitative estimate of drug-likeness (QED) is 0.886. The first-order valence-corrected chi connectivity index (χ1v) is 6.36. The smallest absolute Gasteiger partial charge is 0.256 e. The van der Waals surface area contributed by atoms with E-state index in [0.29, 0.717) is 25.3 Å². The van der Waals surface area contributed by atoms with E-state index in [4.69, 9.17) is 14.6 Å². The highest BCUT2D eigenvalue weighted by Crippen LogP contribution is 2.31. The number of aliphatic hydroxyl groups is 1. The number of methoxy groups -OCH3 is 1. The molecule has 0 aromatic heterocycles. The molecule has 1 fully saturated rings. The molecule has 1 saturated heterocycles. The Morgan fingerprint density at radius 2 is 2.32 bits per heavy atom. The SMILES string of the molecule is COc1ccc(C)cc1N1CCOC(CCO)C1=O. The van der Waals surface area contributed by atoms with E-state index >= 15 is 0 Å². The van der Waals surface area contributed by atoms with Crippen LogP contribution in [-0.4, -0.2) is 44.0 Å². The minimum absolute atomic E-state index is 0.0603. The van der Waals surface area contributed by atoms with Gasteiger partial charge in [-0.3, -0.25) is 4.79 Å². The van der Waals surface area contributed by atoms with Crippen molar-refractivity contribution in [1.82, 2.24) is 0 Å². The molecule has 5 nitrogen and oxygen atoms in total. The highest BCUT2D eigenvalue weighted by Gasteiger charge is 2.31. The molecule has 1 aromatic carbocycles. The summed E-state index contributed by atoms with van der Waals surface area (Å²) in [6.07, 6.45) is -0.243. The third-order valence-corrected chi connectivity index (χ3v) is 3.19. The second-order valence-corrected chi connectivity index (χ2v) is 4.54. The zero-order valence-electron chi connectivity index (χ0n) is 11.3. The van der Waals surface area contributed by atoms with Gasteiger partial charge >= 0.3 is 0 Å². The zero-order chi connectivity index (χ0) is 13.8. The predicted octanol–water partition coefficient (Wildman–Crippen LogP) is 1.12. The molecule has 0 spiro atoms. The van der Waals surface area contributed by atoms with Gasteiger partial charge in [-0.05, 0) is 24.6 Å². The molecule has 1 heterocycles. The number of aliphatic hydroxyl groups excluding tert-OH is 1. The van der Waals surface area contributed by atoms with Gasteiger partial charge in [0.2, 0.25) is 0 Å². The second kappa shape index (κ2) is 6.04. The molecule has 1 aliphatic heterocycles. The standard InChI is InChI=1S/C14H19NO4/c1-10-3-4-12(18-2)11(9-10)15-6-8-19-13(5-7-16)14(15)17/h3-4,9,13,16H,5-8H2,1-2H3. The first kappa shape index (κ1) is 13.8. The number of nitrogens with zero attached hydrogens (tertiary/aromatic N) is 1. The van der Waals surface area contributed by atoms with E-state index in [1.54, 1.807) is 12.0 Å². The van der Waals surface area contributed by atoms with Crippen LogP contribution < -0.4 is 9.64 Å². The number of benzene rings is 1. The first-order chi connectivity index (χ1) is 9.17. The number of morpholine rings is 1. The Morgan fingerprint density at radius 3 is 3.00 bits per heavy atom. The average molecular weight is 265 g/mol. The van der Waals surface area contributed by atoms with Crippen LogP contribution >= 0.6 is 0 Å². The number of rotatable bonds is 4. The molecule has 1 aromatic rings. The van der Waals surface area contributed by atoms with Crippen LogP contribution in [0.25, 0.3) is 0 Å². The molecule has 0 saturated carbocycles. The molecule has 1 N–H and O–H groups in total. The summed E-state index contributed by atoms with van der Waals surface area (Å²) in [5.74, 6) is 0.549. The Hall–Kier alpha value is -1.59. The normalized spacial score (nSPS) is 19.6. The van der Waals surface area contributed by atoms with Crippen LogP contribution in [0.5, 0.6) is 5.75 Å². The number of carbonyl (C=O) groups is 1. The van der Waals surface area contributed by atoms with Gasteiger partial charge in [0.05, 0.1) is 19.4 Å². The monoisotopic (exact) mass is 265 g/mol. The van der Waals surface area contributed by atoms with Crippen molar-refractivity contribution in [3.8, 4) is 5.75 Å². The number of amides is 1. The van der Waals surface area contributed by atoms with Gasteiger partial charge in [-0.25, -0.2) is 0 Å². The molecule has 104 valence electrons. The molecule has 19 heavy (non-hydrogen) atoms. The molecule has 2 rings (SSSR count). The lowest BCUT2D eigenvalue weighted by Gasteiger charge is -2.33. The summed E-state index contributed by atoms with van der Waals surface area (Å²) in [5.41, 5.74) is 1.83. The van der Waals surface area contributed by atoms with Gasteiger partial charge in [0, 0.05) is 19.6 Å². The van der Waals surface area contributed by atoms with Crippen molar-refractivity contribution < 1.29 is 19.4 Å². The number of carbonyl (C=O) groups excluding carboxylic acids is 1. The number of ether oxygens (including phenoxy) is 2. The van der Waals surface area contributed by atoms with E-state index in [1.807, 2.05) is 25.1 Å². The number of hydrogen-bond acceptors (Lipinski definition) is 4. The van der Waals surface area contributed by atoms with E-state index < -0.39 is 6.10 Å². The van der Waals surface area contributed by atoms with Gasteiger partial charge in [-0.1, -0.05) is 6.07 Å². The van der Waals surface area contributed by atoms with Crippen LogP contribution in [0.1, 0.15) is 12.0 Å². The third kappa shape index (κ3) is 2.88. The van der Waals surface area contributed by atoms with Crippen LogP contribution in [-0.2, 0) is 9.53 Å². The van der Waals surface area contributed by atoms with Gasteiger partial charge in [-0.2, -0.15) is 0 Å². The van der Waals surface area contributed by atoms with Crippen molar-refractivity contribution in [3.63, 3.8) is 0 Å². The lowest BCUT2D eigenvalue weighted by molar-refractivity contribution is -0.134. The van der Waals surface area contributed by atoms with E-state index in [9.17, 15) is 4.79 Å². The lowest BCUT2D eigenvalue weighted by Crippen LogP contribution is -2.48. The summed E-state index contributed by atoms with van der Waals surface area (Å²) in [6, 6.07) is 5.73. The highest BCUT2D eigenvalue weighted by molar-refractivity contribution is 5.98. The number of aryl methyl sites for hydroxylation is 1. The summed E-state index contributed by atoms with van der Waals surface area (Å²) < 4.78 is 10.7. The molecule has 0 bridgehead atoms. The van der Waals surface area contributed by atoms with Crippen LogP contribution in [0, 0.1) is 6.92 Å². The Balaban J connectivity index is 2.29. The molecular weight excluding hydrogens is 246 g/mol. The van der Waals surface area contributed by atoms with Gasteiger partial charge < -0.3 is 19.5 Å². The molecule has 1 amide bonds. The number of anilines is 1. The molecule has 1 unspecified atom stereocenters. The maximum Gasteiger partial charge on any atom is 0.256 e. The third-order valence-electron chi connectivity index (χ3n) is 3.19. The summed E-state index contributed by atoms with van der Waals surface area (Å²) >= 11 is 0. The fourth-order valence-electron chi connectivity index (χ4n) is 2.22. The molecule has 1 atom stereocenters. The maximum atomic E-state index is 12.3. The summed E-state index contributed by atoms with van der Waals surface area (Å²) in [6.45, 7) is 2.88. The van der Waals surface area contributed by atoms with Crippen molar-refractivity contribution >= 4 is 11.6 Å². The van der Waals surface area contributed by atoms with E-state index in [2.05, 4.69) is 0 Å². The van der Waals surface area contributed by atoms with Crippen LogP contribution in [0.3, 0.4) is 0 Å². The Bertz CT molecular complexity index is 459. The van der Waals surface area contributed by atoms with Crippen molar-refractivity contribution in [2.75, 3.05) is 31.8 Å². The van der Waals surface area contributed by atoms with Crippen molar-refractivity contribution in [2.45, 2.75) is 19.4 Å². The Morgan fingerprint density at radius 1 is 1.53 bits per heavy atom. The molecular formula is C14H19NO4. The van der Waals surface area contributed by atoms with Gasteiger partial charge in [0.25, 0.3) is 5.91 Å². The van der Waals surface area contributed by atoms with Gasteiger partial charge in [0.1, 0.15) is 11.9 Å². The molecule has 0 aliphatic carbocycles. The highest BCUT2D eigenvalue weighted by atomic mass is 16.5. The Labute approximate surface area is 112 Å². The summed E-state index contributed by atoms with van der Waals surface area (Å²) in [7, 11) is 1.59. The van der Waals surface area contributed by atoms with Gasteiger partial charge in [0.15, 0.2) is 0 Å². The van der Waals surface area contributed by atoms with Crippen LogP contribution in [0.15, 0.2) is 18.2 Å². The van der Waals surface area contributed by atoms with Gasteiger partial charge in [-0.15, -0.1) is 0 Å². The zero-order valence-corrected chi connectivity index (χ0v) is 11.3. The Kier molecular flexibility index (Phi) is 4.39.